The number of nitrogens with one attached hydrogen (secondary N) is 1. The summed E-state index contributed by atoms with van der Waals surface area (Å²) in [5, 5.41) is 2.94. The van der Waals surface area contributed by atoms with E-state index in [1.165, 1.54) is 0 Å². The van der Waals surface area contributed by atoms with Crippen LogP contribution in [0.5, 0.6) is 5.75 Å². The highest BCUT2D eigenvalue weighted by Gasteiger charge is 2.37. The first-order chi connectivity index (χ1) is 13.4. The minimum atomic E-state index is -1.08. The van der Waals surface area contributed by atoms with Crippen molar-refractivity contribution in [3.63, 3.8) is 0 Å². The highest BCUT2D eigenvalue weighted by atomic mass is 16.5. The summed E-state index contributed by atoms with van der Waals surface area (Å²) in [7, 11) is 1.58. The van der Waals surface area contributed by atoms with Gasteiger partial charge in [-0.25, -0.2) is 0 Å². The Morgan fingerprint density at radius 3 is 2.32 bits per heavy atom. The van der Waals surface area contributed by atoms with Gasteiger partial charge >= 0.3 is 0 Å². The normalized spacial score (nSPS) is 16.9. The van der Waals surface area contributed by atoms with E-state index in [0.29, 0.717) is 37.4 Å². The van der Waals surface area contributed by atoms with Crippen LogP contribution < -0.4 is 15.8 Å². The van der Waals surface area contributed by atoms with E-state index in [0.717, 1.165) is 5.56 Å². The smallest absolute Gasteiger partial charge is 0.246 e. The molecule has 1 atom stereocenters. The van der Waals surface area contributed by atoms with Gasteiger partial charge in [0, 0.05) is 19.0 Å². The number of anilines is 1. The van der Waals surface area contributed by atoms with Gasteiger partial charge < -0.3 is 20.7 Å². The van der Waals surface area contributed by atoms with Crippen LogP contribution in [0.15, 0.2) is 54.6 Å². The number of piperidine rings is 1. The third kappa shape index (κ3) is 4.17. The fraction of sp³-hybridized carbons (Fsp3) is 0.364. The summed E-state index contributed by atoms with van der Waals surface area (Å²) in [4.78, 5) is 27.4. The summed E-state index contributed by atoms with van der Waals surface area (Å²) in [6.07, 6.45) is 1.22. The molecule has 0 aromatic heterocycles. The molecule has 2 amide bonds. The van der Waals surface area contributed by atoms with Crippen molar-refractivity contribution in [3.05, 3.63) is 60.2 Å². The average Bonchev–Trinajstić information content (AvgIpc) is 2.74. The Balaban J connectivity index is 1.59. The zero-order chi connectivity index (χ0) is 20.1. The van der Waals surface area contributed by atoms with Crippen molar-refractivity contribution < 1.29 is 14.3 Å². The number of carbonyl (C=O) groups is 2. The van der Waals surface area contributed by atoms with E-state index in [9.17, 15) is 9.59 Å². The van der Waals surface area contributed by atoms with Gasteiger partial charge in [0.2, 0.25) is 11.8 Å². The molecule has 1 aliphatic heterocycles. The Morgan fingerprint density at radius 1 is 1.07 bits per heavy atom. The average molecular weight is 381 g/mol. The molecule has 148 valence electrons. The zero-order valence-electron chi connectivity index (χ0n) is 16.4. The molecule has 2 aromatic rings. The summed E-state index contributed by atoms with van der Waals surface area (Å²) in [5.41, 5.74) is 6.73. The number of carbonyl (C=O) groups excluding carboxylic acids is 2. The lowest BCUT2D eigenvalue weighted by molar-refractivity contribution is -0.139. The maximum atomic E-state index is 13.0. The van der Waals surface area contributed by atoms with Gasteiger partial charge in [-0.3, -0.25) is 9.59 Å². The maximum Gasteiger partial charge on any atom is 0.246 e. The molecule has 0 radical (unpaired) electrons. The Kier molecular flexibility index (Phi) is 5.99. The predicted molar refractivity (Wildman–Crippen MR) is 109 cm³/mol. The number of benzene rings is 2. The number of hydrogen-bond donors (Lipinski definition) is 2. The van der Waals surface area contributed by atoms with Crippen LogP contribution in [0.1, 0.15) is 25.3 Å². The highest BCUT2D eigenvalue weighted by Crippen LogP contribution is 2.27. The number of nitrogens with zero attached hydrogens (tertiary/aromatic N) is 1. The molecule has 1 aliphatic rings. The molecular formula is C22H27N3O3. The molecule has 1 fully saturated rings. The molecule has 3 N–H and O–H groups in total. The maximum absolute atomic E-state index is 13.0. The molecule has 2 aromatic carbocycles. The minimum Gasteiger partial charge on any atom is -0.495 e. The fourth-order valence-corrected chi connectivity index (χ4v) is 3.56. The van der Waals surface area contributed by atoms with E-state index < -0.39 is 5.54 Å². The zero-order valence-corrected chi connectivity index (χ0v) is 16.4. The van der Waals surface area contributed by atoms with E-state index >= 15 is 0 Å². The van der Waals surface area contributed by atoms with Crippen molar-refractivity contribution in [2.24, 2.45) is 11.7 Å². The van der Waals surface area contributed by atoms with Crippen molar-refractivity contribution in [2.45, 2.75) is 25.3 Å². The van der Waals surface area contributed by atoms with E-state index in [-0.39, 0.29) is 17.7 Å². The van der Waals surface area contributed by atoms with E-state index in [4.69, 9.17) is 10.5 Å². The molecule has 1 saturated heterocycles. The van der Waals surface area contributed by atoms with Gasteiger partial charge in [-0.2, -0.15) is 0 Å². The van der Waals surface area contributed by atoms with Crippen molar-refractivity contribution >= 4 is 17.5 Å². The molecule has 0 spiro atoms. The van der Waals surface area contributed by atoms with Gasteiger partial charge in [0.1, 0.15) is 11.3 Å². The molecule has 0 saturated carbocycles. The first-order valence-electron chi connectivity index (χ1n) is 9.51. The van der Waals surface area contributed by atoms with Gasteiger partial charge in [-0.1, -0.05) is 42.5 Å². The highest BCUT2D eigenvalue weighted by molar-refractivity contribution is 5.94. The van der Waals surface area contributed by atoms with Crippen molar-refractivity contribution in [1.82, 2.24) is 4.90 Å². The van der Waals surface area contributed by atoms with Crippen LogP contribution in [0.25, 0.3) is 0 Å². The lowest BCUT2D eigenvalue weighted by atomic mass is 9.89. The number of methoxy groups -OCH3 is 1. The quantitative estimate of drug-likeness (QED) is 0.834. The van der Waals surface area contributed by atoms with Gasteiger partial charge in [-0.15, -0.1) is 0 Å². The van der Waals surface area contributed by atoms with Crippen molar-refractivity contribution in [3.8, 4) is 5.75 Å². The molecule has 28 heavy (non-hydrogen) atoms. The monoisotopic (exact) mass is 381 g/mol. The number of rotatable bonds is 5. The molecule has 0 bridgehead atoms. The van der Waals surface area contributed by atoms with Crippen LogP contribution in [0.2, 0.25) is 0 Å². The number of ether oxygens (including phenoxy) is 1. The molecule has 6 heteroatoms. The third-order valence-corrected chi connectivity index (χ3v) is 5.34. The lowest BCUT2D eigenvalue weighted by Gasteiger charge is -2.36. The van der Waals surface area contributed by atoms with Gasteiger partial charge in [0.25, 0.3) is 0 Å². The topological polar surface area (TPSA) is 84.7 Å². The number of hydrogen-bond acceptors (Lipinski definition) is 4. The molecule has 1 heterocycles. The second-order valence-electron chi connectivity index (χ2n) is 7.32. The van der Waals surface area contributed by atoms with Crippen molar-refractivity contribution in [1.29, 1.82) is 0 Å². The Bertz CT molecular complexity index is 828. The van der Waals surface area contributed by atoms with E-state index in [1.807, 2.05) is 54.6 Å². The van der Waals surface area contributed by atoms with Crippen LogP contribution in [-0.4, -0.2) is 36.9 Å². The molecule has 1 unspecified atom stereocenters. The van der Waals surface area contributed by atoms with Gasteiger partial charge in [0.05, 0.1) is 12.8 Å². The fourth-order valence-electron chi connectivity index (χ4n) is 3.56. The number of nitrogens with two attached hydrogens (primary N) is 1. The van der Waals surface area contributed by atoms with Crippen LogP contribution in [0, 0.1) is 5.92 Å². The van der Waals surface area contributed by atoms with Gasteiger partial charge in [0.15, 0.2) is 0 Å². The Labute approximate surface area is 165 Å². The second kappa shape index (κ2) is 8.44. The van der Waals surface area contributed by atoms with E-state index in [1.54, 1.807) is 18.9 Å². The Hall–Kier alpha value is -2.86. The number of amides is 2. The second-order valence-corrected chi connectivity index (χ2v) is 7.32. The number of para-hydroxylation sites is 2. The third-order valence-electron chi connectivity index (χ3n) is 5.34. The molecular weight excluding hydrogens is 354 g/mol. The largest absolute Gasteiger partial charge is 0.495 e. The summed E-state index contributed by atoms with van der Waals surface area (Å²) >= 11 is 0. The van der Waals surface area contributed by atoms with Crippen LogP contribution >= 0.6 is 0 Å². The summed E-state index contributed by atoms with van der Waals surface area (Å²) in [6, 6.07) is 16.7. The Morgan fingerprint density at radius 2 is 1.68 bits per heavy atom. The minimum absolute atomic E-state index is 0.0461. The summed E-state index contributed by atoms with van der Waals surface area (Å²) in [5.74, 6) is 0.331. The first kappa shape index (κ1) is 19.9. The first-order valence-corrected chi connectivity index (χ1v) is 9.51. The van der Waals surface area contributed by atoms with Gasteiger partial charge in [-0.05, 0) is 37.5 Å². The molecule has 0 aliphatic carbocycles. The lowest BCUT2D eigenvalue weighted by Crippen LogP contribution is -2.53. The van der Waals surface area contributed by atoms with Crippen LogP contribution in [0.4, 0.5) is 5.69 Å². The van der Waals surface area contributed by atoms with Crippen LogP contribution in [-0.2, 0) is 15.1 Å². The predicted octanol–water partition coefficient (Wildman–Crippen LogP) is 2.75. The standard InChI is InChI=1S/C22H27N3O3/c1-22(23,17-8-4-3-5-9-17)21(27)25-14-12-16(13-15-25)20(26)24-18-10-6-7-11-19(18)28-2/h3-11,16H,12-15,23H2,1-2H3,(H,24,26). The number of likely N-dealkylation sites (tertiary alicyclic amines) is 1. The molecule has 3 rings (SSSR count). The SMILES string of the molecule is COc1ccccc1NC(=O)C1CCN(C(=O)C(C)(N)c2ccccc2)CC1. The van der Waals surface area contributed by atoms with Crippen molar-refractivity contribution in [2.75, 3.05) is 25.5 Å². The summed E-state index contributed by atoms with van der Waals surface area (Å²) in [6.45, 7) is 2.77. The molecule has 6 nitrogen and oxygen atoms in total. The van der Waals surface area contributed by atoms with E-state index in [2.05, 4.69) is 5.32 Å². The van der Waals surface area contributed by atoms with Crippen LogP contribution in [0.3, 0.4) is 0 Å². The summed E-state index contributed by atoms with van der Waals surface area (Å²) < 4.78 is 5.28.